The molecular weight excluding hydrogens is 328 g/mol. The van der Waals surface area contributed by atoms with E-state index in [-0.39, 0.29) is 12.5 Å². The number of amides is 1. The summed E-state index contributed by atoms with van der Waals surface area (Å²) in [6, 6.07) is 15.2. The molecule has 0 saturated heterocycles. The lowest BCUT2D eigenvalue weighted by molar-refractivity contribution is -0.133. The summed E-state index contributed by atoms with van der Waals surface area (Å²) in [7, 11) is 1.62. The van der Waals surface area contributed by atoms with Gasteiger partial charge in [0.1, 0.15) is 0 Å². The Hall–Kier alpha value is -2.84. The first kappa shape index (κ1) is 17.5. The molecule has 0 aliphatic carbocycles. The Morgan fingerprint density at radius 3 is 2.54 bits per heavy atom. The van der Waals surface area contributed by atoms with E-state index in [2.05, 4.69) is 0 Å². The highest BCUT2D eigenvalue weighted by Gasteiger charge is 2.14. The topological polar surface area (TPSA) is 70.4 Å². The molecule has 1 amide bonds. The fraction of sp³-hybridized carbons (Fsp3) is 0.167. The third-order valence-electron chi connectivity index (χ3n) is 3.31. The average Bonchev–Trinajstić information content (AvgIpc) is 2.59. The molecule has 2 aromatic carbocycles. The number of nitrogens with zero attached hydrogens (tertiary/aromatic N) is 2. The molecule has 0 N–H and O–H groups in total. The van der Waals surface area contributed by atoms with Crippen LogP contribution in [0.15, 0.2) is 48.5 Å². The molecule has 0 atom stereocenters. The average molecular weight is 343 g/mol. The fourth-order valence-corrected chi connectivity index (χ4v) is 2.21. The number of hydrogen-bond donors (Lipinski definition) is 0. The highest BCUT2D eigenvalue weighted by Crippen LogP contribution is 2.12. The van der Waals surface area contributed by atoms with Crippen LogP contribution in [0.25, 0.3) is 0 Å². The van der Waals surface area contributed by atoms with Crippen LogP contribution in [0.5, 0.6) is 0 Å². The van der Waals surface area contributed by atoms with E-state index in [1.807, 2.05) is 12.1 Å². The summed E-state index contributed by atoms with van der Waals surface area (Å²) >= 11 is 5.91. The number of likely N-dealkylation sites (N-methyl/N-ethyl adjacent to an activating group) is 1. The van der Waals surface area contributed by atoms with E-state index in [0.29, 0.717) is 22.7 Å². The smallest absolute Gasteiger partial charge is 0.338 e. The molecule has 0 aromatic heterocycles. The summed E-state index contributed by atoms with van der Waals surface area (Å²) in [5, 5.41) is 9.32. The monoisotopic (exact) mass is 342 g/mol. The maximum Gasteiger partial charge on any atom is 0.338 e. The summed E-state index contributed by atoms with van der Waals surface area (Å²) < 4.78 is 5.01. The predicted molar refractivity (Wildman–Crippen MR) is 89.4 cm³/mol. The fourth-order valence-electron chi connectivity index (χ4n) is 2.00. The normalized spacial score (nSPS) is 9.88. The molecule has 0 bridgehead atoms. The molecule has 0 saturated carbocycles. The third-order valence-corrected chi connectivity index (χ3v) is 3.55. The molecule has 122 valence electrons. The van der Waals surface area contributed by atoms with Gasteiger partial charge in [-0.1, -0.05) is 23.7 Å². The molecule has 0 fully saturated rings. The van der Waals surface area contributed by atoms with Crippen molar-refractivity contribution >= 4 is 23.5 Å². The van der Waals surface area contributed by atoms with Crippen LogP contribution in [-0.4, -0.2) is 30.4 Å². The van der Waals surface area contributed by atoms with Gasteiger partial charge in [0.15, 0.2) is 6.61 Å². The second-order valence-corrected chi connectivity index (χ2v) is 5.58. The Labute approximate surface area is 145 Å². The Balaban J connectivity index is 1.87. The number of ether oxygens (including phenoxy) is 1. The first-order valence-electron chi connectivity index (χ1n) is 7.15. The van der Waals surface area contributed by atoms with Gasteiger partial charge in [-0.3, -0.25) is 4.79 Å². The summed E-state index contributed by atoms with van der Waals surface area (Å²) in [5.74, 6) is -0.930. The minimum absolute atomic E-state index is 0.291. The molecule has 0 aliphatic heterocycles. The van der Waals surface area contributed by atoms with Crippen LogP contribution in [0.3, 0.4) is 0 Å². The van der Waals surface area contributed by atoms with Crippen molar-refractivity contribution in [2.24, 2.45) is 0 Å². The summed E-state index contributed by atoms with van der Waals surface area (Å²) in [5.41, 5.74) is 1.62. The van der Waals surface area contributed by atoms with Gasteiger partial charge in [0.05, 0.1) is 17.2 Å². The Morgan fingerprint density at radius 2 is 1.92 bits per heavy atom. The Bertz CT molecular complexity index is 782. The van der Waals surface area contributed by atoms with E-state index >= 15 is 0 Å². The van der Waals surface area contributed by atoms with Gasteiger partial charge in [-0.15, -0.1) is 0 Å². The molecule has 0 radical (unpaired) electrons. The van der Waals surface area contributed by atoms with Crippen molar-refractivity contribution in [3.05, 3.63) is 70.2 Å². The van der Waals surface area contributed by atoms with E-state index < -0.39 is 5.97 Å². The second-order valence-electron chi connectivity index (χ2n) is 5.15. The van der Waals surface area contributed by atoms with Crippen molar-refractivity contribution in [2.75, 3.05) is 13.7 Å². The lowest BCUT2D eigenvalue weighted by Gasteiger charge is -2.17. The van der Waals surface area contributed by atoms with Gasteiger partial charge < -0.3 is 9.64 Å². The van der Waals surface area contributed by atoms with Crippen molar-refractivity contribution < 1.29 is 14.3 Å². The molecular formula is C18H15ClN2O3. The number of benzene rings is 2. The summed E-state index contributed by atoms with van der Waals surface area (Å²) in [6.07, 6.45) is 0. The highest BCUT2D eigenvalue weighted by molar-refractivity contribution is 6.30. The zero-order valence-electron chi connectivity index (χ0n) is 13.0. The number of carbonyl (C=O) groups excluding carboxylic acids is 2. The first-order chi connectivity index (χ1) is 11.5. The maximum absolute atomic E-state index is 12.0. The van der Waals surface area contributed by atoms with Crippen molar-refractivity contribution in [1.29, 1.82) is 5.26 Å². The van der Waals surface area contributed by atoms with Gasteiger partial charge in [0.2, 0.25) is 0 Å². The van der Waals surface area contributed by atoms with E-state index in [4.69, 9.17) is 21.6 Å². The minimum Gasteiger partial charge on any atom is -0.452 e. The molecule has 2 aromatic rings. The Kier molecular flexibility index (Phi) is 5.94. The lowest BCUT2D eigenvalue weighted by atomic mass is 10.1. The van der Waals surface area contributed by atoms with Gasteiger partial charge in [-0.05, 0) is 42.0 Å². The molecule has 6 heteroatoms. The standard InChI is InChI=1S/C18H15ClN2O3/c1-21(11-14-3-2-4-16(19)9-14)17(22)12-24-18(23)15-7-5-13(10-20)6-8-15/h2-9H,11-12H2,1H3. The number of carbonyl (C=O) groups is 2. The zero-order chi connectivity index (χ0) is 17.5. The lowest BCUT2D eigenvalue weighted by Crippen LogP contribution is -2.30. The number of esters is 1. The van der Waals surface area contributed by atoms with E-state index in [1.165, 1.54) is 29.2 Å². The van der Waals surface area contributed by atoms with Crippen LogP contribution < -0.4 is 0 Å². The molecule has 0 heterocycles. The number of nitriles is 1. The zero-order valence-corrected chi connectivity index (χ0v) is 13.8. The summed E-state index contributed by atoms with van der Waals surface area (Å²) in [4.78, 5) is 25.4. The van der Waals surface area contributed by atoms with Gasteiger partial charge in [0, 0.05) is 18.6 Å². The quantitative estimate of drug-likeness (QED) is 0.783. The van der Waals surface area contributed by atoms with E-state index in [1.54, 1.807) is 25.2 Å². The Morgan fingerprint density at radius 1 is 1.21 bits per heavy atom. The predicted octanol–water partition coefficient (Wildman–Crippen LogP) is 3.03. The van der Waals surface area contributed by atoms with Gasteiger partial charge in [0.25, 0.3) is 5.91 Å². The van der Waals surface area contributed by atoms with E-state index in [9.17, 15) is 9.59 Å². The van der Waals surface area contributed by atoms with Crippen LogP contribution in [-0.2, 0) is 16.1 Å². The number of halogens is 1. The van der Waals surface area contributed by atoms with Gasteiger partial charge in [-0.2, -0.15) is 5.26 Å². The third kappa shape index (κ3) is 4.83. The molecule has 24 heavy (non-hydrogen) atoms. The number of hydrogen-bond acceptors (Lipinski definition) is 4. The van der Waals surface area contributed by atoms with Crippen molar-refractivity contribution in [1.82, 2.24) is 4.90 Å². The number of rotatable bonds is 5. The molecule has 0 spiro atoms. The van der Waals surface area contributed by atoms with Crippen LogP contribution >= 0.6 is 11.6 Å². The van der Waals surface area contributed by atoms with Crippen LogP contribution in [0.2, 0.25) is 5.02 Å². The first-order valence-corrected chi connectivity index (χ1v) is 7.53. The molecule has 2 rings (SSSR count). The maximum atomic E-state index is 12.0. The van der Waals surface area contributed by atoms with Crippen molar-refractivity contribution in [3.63, 3.8) is 0 Å². The molecule has 5 nitrogen and oxygen atoms in total. The minimum atomic E-state index is -0.607. The van der Waals surface area contributed by atoms with Crippen LogP contribution in [0, 0.1) is 11.3 Å². The largest absolute Gasteiger partial charge is 0.452 e. The molecule has 0 unspecified atom stereocenters. The van der Waals surface area contributed by atoms with Crippen molar-refractivity contribution in [2.45, 2.75) is 6.54 Å². The highest BCUT2D eigenvalue weighted by atomic mass is 35.5. The SMILES string of the molecule is CN(Cc1cccc(Cl)c1)C(=O)COC(=O)c1ccc(C#N)cc1. The van der Waals surface area contributed by atoms with Gasteiger partial charge in [-0.25, -0.2) is 4.79 Å². The summed E-state index contributed by atoms with van der Waals surface area (Å²) in [6.45, 7) is 0.0176. The van der Waals surface area contributed by atoms with E-state index in [0.717, 1.165) is 5.56 Å². The van der Waals surface area contributed by atoms with Crippen LogP contribution in [0.4, 0.5) is 0 Å². The van der Waals surface area contributed by atoms with Crippen molar-refractivity contribution in [3.8, 4) is 6.07 Å². The van der Waals surface area contributed by atoms with Gasteiger partial charge >= 0.3 is 5.97 Å². The van der Waals surface area contributed by atoms with Crippen LogP contribution in [0.1, 0.15) is 21.5 Å². The molecule has 0 aliphatic rings. The second kappa shape index (κ2) is 8.14.